The Kier molecular flexibility index (Phi) is 4.16. The summed E-state index contributed by atoms with van der Waals surface area (Å²) < 4.78 is 0.516. The highest BCUT2D eigenvalue weighted by molar-refractivity contribution is 7.18. The Labute approximate surface area is 122 Å². The molecule has 0 bridgehead atoms. The Balaban J connectivity index is 2.21. The number of rotatable bonds is 4. The lowest BCUT2D eigenvalue weighted by Gasteiger charge is -1.97. The van der Waals surface area contributed by atoms with E-state index in [0.717, 1.165) is 11.3 Å². The molecular weight excluding hydrogens is 302 g/mol. The summed E-state index contributed by atoms with van der Waals surface area (Å²) in [5, 5.41) is 20.0. The largest absolute Gasteiger partial charge is 0.502 e. The highest BCUT2D eigenvalue weighted by atomic mass is 35.5. The van der Waals surface area contributed by atoms with Crippen LogP contribution in [0.3, 0.4) is 0 Å². The molecule has 102 valence electrons. The minimum absolute atomic E-state index is 0.238. The average molecular weight is 310 g/mol. The van der Waals surface area contributed by atoms with Crippen LogP contribution in [-0.4, -0.2) is 15.8 Å². The number of phenolic OH excluding ortho intramolecular Hbond substituents is 1. The lowest BCUT2D eigenvalue weighted by Crippen LogP contribution is -1.90. The van der Waals surface area contributed by atoms with Crippen LogP contribution in [0.4, 0.5) is 5.69 Å². The van der Waals surface area contributed by atoms with Crippen molar-refractivity contribution in [3.63, 3.8) is 0 Å². The Morgan fingerprint density at radius 1 is 1.35 bits per heavy atom. The zero-order chi connectivity index (χ0) is 14.7. The molecular formula is C13H8ClNO4S. The van der Waals surface area contributed by atoms with Gasteiger partial charge in [-0.25, -0.2) is 0 Å². The Hall–Kier alpha value is -2.18. The predicted octanol–water partition coefficient (Wildman–Crippen LogP) is 3.91. The third-order valence-corrected chi connectivity index (χ3v) is 3.69. The number of aromatic hydroxyl groups is 1. The molecule has 0 saturated carbocycles. The van der Waals surface area contributed by atoms with E-state index in [1.54, 1.807) is 12.1 Å². The molecule has 0 aliphatic carbocycles. The van der Waals surface area contributed by atoms with Gasteiger partial charge in [-0.05, 0) is 29.8 Å². The van der Waals surface area contributed by atoms with Crippen LogP contribution in [0.1, 0.15) is 15.2 Å². The molecule has 5 nitrogen and oxygen atoms in total. The fourth-order valence-electron chi connectivity index (χ4n) is 1.49. The molecule has 0 saturated heterocycles. The fraction of sp³-hybridized carbons (Fsp3) is 0. The number of hydrogen-bond donors (Lipinski definition) is 1. The number of halogens is 1. The van der Waals surface area contributed by atoms with Crippen molar-refractivity contribution in [3.05, 3.63) is 61.3 Å². The normalized spacial score (nSPS) is 10.8. The summed E-state index contributed by atoms with van der Waals surface area (Å²) in [7, 11) is 0. The number of benzene rings is 1. The van der Waals surface area contributed by atoms with Crippen LogP contribution < -0.4 is 0 Å². The predicted molar refractivity (Wildman–Crippen MR) is 77.5 cm³/mol. The van der Waals surface area contributed by atoms with Crippen LogP contribution in [0.15, 0.2) is 36.4 Å². The van der Waals surface area contributed by atoms with Gasteiger partial charge in [-0.3, -0.25) is 14.9 Å². The molecule has 1 aromatic heterocycles. The molecule has 0 radical (unpaired) electrons. The van der Waals surface area contributed by atoms with E-state index in [1.807, 2.05) is 0 Å². The second-order valence-corrected chi connectivity index (χ2v) is 5.52. The van der Waals surface area contributed by atoms with Gasteiger partial charge >= 0.3 is 5.69 Å². The first kappa shape index (κ1) is 14.2. The lowest BCUT2D eigenvalue weighted by molar-refractivity contribution is -0.385. The highest BCUT2D eigenvalue weighted by Gasteiger charge is 2.12. The van der Waals surface area contributed by atoms with Crippen LogP contribution >= 0.6 is 22.9 Å². The molecule has 20 heavy (non-hydrogen) atoms. The zero-order valence-corrected chi connectivity index (χ0v) is 11.5. The fourth-order valence-corrected chi connectivity index (χ4v) is 2.45. The van der Waals surface area contributed by atoms with Gasteiger partial charge in [0.2, 0.25) is 0 Å². The van der Waals surface area contributed by atoms with E-state index < -0.39 is 16.4 Å². The molecule has 2 aromatic rings. The number of nitro groups is 1. The highest BCUT2D eigenvalue weighted by Crippen LogP contribution is 2.27. The zero-order valence-electron chi connectivity index (χ0n) is 9.95. The van der Waals surface area contributed by atoms with Gasteiger partial charge in [0.1, 0.15) is 0 Å². The maximum absolute atomic E-state index is 11.8. The number of nitrogens with zero attached hydrogens (tertiary/aromatic N) is 1. The van der Waals surface area contributed by atoms with Gasteiger partial charge in [-0.15, -0.1) is 11.3 Å². The van der Waals surface area contributed by atoms with Gasteiger partial charge in [0, 0.05) is 6.07 Å². The maximum Gasteiger partial charge on any atom is 0.311 e. The van der Waals surface area contributed by atoms with Crippen LogP contribution in [0.5, 0.6) is 5.75 Å². The number of nitro benzene ring substituents is 1. The van der Waals surface area contributed by atoms with Crippen LogP contribution in [0, 0.1) is 10.1 Å². The molecule has 0 amide bonds. The minimum Gasteiger partial charge on any atom is -0.502 e. The Bertz CT molecular complexity index is 708. The summed E-state index contributed by atoms with van der Waals surface area (Å²) in [6.45, 7) is 0. The topological polar surface area (TPSA) is 80.4 Å². The SMILES string of the molecule is O=C(/C=C/c1ccc(O)c([N+](=O)[O-])c1)c1ccc(Cl)s1. The molecule has 1 aromatic carbocycles. The van der Waals surface area contributed by atoms with E-state index in [0.29, 0.717) is 14.8 Å². The van der Waals surface area contributed by atoms with Crippen molar-refractivity contribution in [2.45, 2.75) is 0 Å². The van der Waals surface area contributed by atoms with E-state index >= 15 is 0 Å². The van der Waals surface area contributed by atoms with E-state index in [4.69, 9.17) is 11.6 Å². The summed E-state index contributed by atoms with van der Waals surface area (Å²) in [6, 6.07) is 7.12. The van der Waals surface area contributed by atoms with Crippen molar-refractivity contribution in [2.24, 2.45) is 0 Å². The number of ketones is 1. The molecule has 0 unspecified atom stereocenters. The van der Waals surface area contributed by atoms with Crippen LogP contribution in [-0.2, 0) is 0 Å². The second-order valence-electron chi connectivity index (χ2n) is 3.81. The van der Waals surface area contributed by atoms with E-state index in [9.17, 15) is 20.0 Å². The van der Waals surface area contributed by atoms with Crippen molar-refractivity contribution < 1.29 is 14.8 Å². The van der Waals surface area contributed by atoms with Gasteiger partial charge in [0.15, 0.2) is 11.5 Å². The molecule has 0 fully saturated rings. The van der Waals surface area contributed by atoms with Gasteiger partial charge in [-0.1, -0.05) is 23.7 Å². The number of hydrogen-bond acceptors (Lipinski definition) is 5. The van der Waals surface area contributed by atoms with Crippen molar-refractivity contribution in [1.82, 2.24) is 0 Å². The molecule has 7 heteroatoms. The second kappa shape index (κ2) is 5.85. The summed E-state index contributed by atoms with van der Waals surface area (Å²) in [5.41, 5.74) is 0.0456. The number of thiophene rings is 1. The monoisotopic (exact) mass is 309 g/mol. The quantitative estimate of drug-likeness (QED) is 0.402. The molecule has 1 N–H and O–H groups in total. The molecule has 2 rings (SSSR count). The van der Waals surface area contributed by atoms with Gasteiger partial charge in [0.25, 0.3) is 0 Å². The smallest absolute Gasteiger partial charge is 0.311 e. The number of phenols is 1. The number of allylic oxidation sites excluding steroid dienone is 1. The van der Waals surface area contributed by atoms with E-state index in [-0.39, 0.29) is 5.78 Å². The third-order valence-electron chi connectivity index (χ3n) is 2.44. The summed E-state index contributed by atoms with van der Waals surface area (Å²) in [6.07, 6.45) is 2.75. The number of carbonyl (C=O) groups excluding carboxylic acids is 1. The first-order valence-corrected chi connectivity index (χ1v) is 6.62. The Morgan fingerprint density at radius 3 is 2.70 bits per heavy atom. The first-order valence-electron chi connectivity index (χ1n) is 5.42. The third kappa shape index (κ3) is 3.23. The van der Waals surface area contributed by atoms with Crippen LogP contribution in [0.2, 0.25) is 4.34 Å². The first-order chi connectivity index (χ1) is 9.47. The molecule has 0 spiro atoms. The van der Waals surface area contributed by atoms with Gasteiger partial charge in [0.05, 0.1) is 14.1 Å². The Morgan fingerprint density at radius 2 is 2.10 bits per heavy atom. The minimum atomic E-state index is -0.687. The summed E-state index contributed by atoms with van der Waals surface area (Å²) in [4.78, 5) is 22.3. The van der Waals surface area contributed by atoms with Gasteiger partial charge in [-0.2, -0.15) is 0 Å². The molecule has 0 aliphatic heterocycles. The summed E-state index contributed by atoms with van der Waals surface area (Å²) >= 11 is 6.89. The molecule has 0 aliphatic rings. The van der Waals surface area contributed by atoms with Crippen LogP contribution in [0.25, 0.3) is 6.08 Å². The van der Waals surface area contributed by atoms with E-state index in [2.05, 4.69) is 0 Å². The molecule has 1 heterocycles. The average Bonchev–Trinajstić information content (AvgIpc) is 2.84. The lowest BCUT2D eigenvalue weighted by atomic mass is 10.1. The van der Waals surface area contributed by atoms with Crippen molar-refractivity contribution in [1.29, 1.82) is 0 Å². The van der Waals surface area contributed by atoms with Crippen molar-refractivity contribution in [2.75, 3.05) is 0 Å². The van der Waals surface area contributed by atoms with Gasteiger partial charge < -0.3 is 5.11 Å². The van der Waals surface area contributed by atoms with Crippen molar-refractivity contribution >= 4 is 40.5 Å². The van der Waals surface area contributed by atoms with E-state index in [1.165, 1.54) is 30.4 Å². The number of carbonyl (C=O) groups is 1. The summed E-state index contributed by atoms with van der Waals surface area (Å²) in [5.74, 6) is -0.652. The van der Waals surface area contributed by atoms with Crippen molar-refractivity contribution in [3.8, 4) is 5.75 Å². The standard InChI is InChI=1S/C13H8ClNO4S/c14-13-6-5-12(20-13)11(17)4-2-8-1-3-10(16)9(7-8)15(18)19/h1-7,16H/b4-2+. The molecule has 0 atom stereocenters. The maximum atomic E-state index is 11.8.